The molecular weight excluding hydrogens is 174 g/mol. The van der Waals surface area contributed by atoms with E-state index in [4.69, 9.17) is 0 Å². The van der Waals surface area contributed by atoms with Crippen LogP contribution in [0.4, 0.5) is 0 Å². The van der Waals surface area contributed by atoms with Crippen molar-refractivity contribution < 1.29 is 0 Å². The molecule has 0 unspecified atom stereocenters. The molecule has 0 radical (unpaired) electrons. The summed E-state index contributed by atoms with van der Waals surface area (Å²) in [7, 11) is -1.16. The molecule has 1 fully saturated rings. The molecule has 0 amide bonds. The van der Waals surface area contributed by atoms with Gasteiger partial charge in [0.1, 0.15) is 8.24 Å². The molecular formula is C11H25NSi. The Hall–Kier alpha value is 0.177. The van der Waals surface area contributed by atoms with Crippen LogP contribution in [-0.4, -0.2) is 13.8 Å². The summed E-state index contributed by atoms with van der Waals surface area (Å²) < 4.78 is 0. The number of nitrogens with one attached hydrogen (secondary N) is 1. The second-order valence-electron chi connectivity index (χ2n) is 6.08. The molecule has 13 heavy (non-hydrogen) atoms. The average Bonchev–Trinajstić information content (AvgIpc) is 2.29. The molecule has 0 aromatic rings. The van der Waals surface area contributed by atoms with E-state index in [1.54, 1.807) is 0 Å². The Kier molecular flexibility index (Phi) is 3.23. The van der Waals surface area contributed by atoms with E-state index < -0.39 is 8.24 Å². The highest BCUT2D eigenvalue weighted by molar-refractivity contribution is 6.76. The lowest BCUT2D eigenvalue weighted by atomic mass is 10.1. The Morgan fingerprint density at radius 2 is 1.54 bits per heavy atom. The first-order valence-corrected chi connectivity index (χ1v) is 8.68. The maximum Gasteiger partial charge on any atom is 0.122 e. The van der Waals surface area contributed by atoms with Crippen molar-refractivity contribution in [1.29, 1.82) is 0 Å². The van der Waals surface area contributed by atoms with Crippen LogP contribution in [0.2, 0.25) is 18.6 Å². The Bertz CT molecular complexity index is 163. The van der Waals surface area contributed by atoms with Gasteiger partial charge < -0.3 is 4.98 Å². The van der Waals surface area contributed by atoms with E-state index in [2.05, 4.69) is 38.8 Å². The monoisotopic (exact) mass is 199 g/mol. The number of hydrogen-bond acceptors (Lipinski definition) is 1. The van der Waals surface area contributed by atoms with Gasteiger partial charge in [-0.1, -0.05) is 38.8 Å². The minimum absolute atomic E-state index is 0.304. The summed E-state index contributed by atoms with van der Waals surface area (Å²) in [4.78, 5) is 3.88. The summed E-state index contributed by atoms with van der Waals surface area (Å²) >= 11 is 0. The van der Waals surface area contributed by atoms with E-state index in [0.717, 1.165) is 5.54 Å². The fourth-order valence-electron chi connectivity index (χ4n) is 2.72. The van der Waals surface area contributed by atoms with Crippen LogP contribution in [0.25, 0.3) is 0 Å². The van der Waals surface area contributed by atoms with Crippen LogP contribution < -0.4 is 4.98 Å². The molecule has 78 valence electrons. The van der Waals surface area contributed by atoms with E-state index in [1.807, 2.05) is 0 Å². The van der Waals surface area contributed by atoms with Gasteiger partial charge in [0.05, 0.1) is 0 Å². The van der Waals surface area contributed by atoms with Crippen LogP contribution in [0.5, 0.6) is 0 Å². The smallest absolute Gasteiger partial charge is 0.122 e. The van der Waals surface area contributed by atoms with Gasteiger partial charge in [-0.05, 0) is 26.3 Å². The van der Waals surface area contributed by atoms with Crippen molar-refractivity contribution in [3.8, 4) is 0 Å². The van der Waals surface area contributed by atoms with E-state index in [0.29, 0.717) is 5.54 Å². The zero-order chi connectivity index (χ0) is 10.1. The summed E-state index contributed by atoms with van der Waals surface area (Å²) in [5.41, 5.74) is 1.32. The normalized spacial score (nSPS) is 21.0. The second-order valence-corrected chi connectivity index (χ2v) is 10.6. The standard InChI is InChI=1S/C11H25NSi/c1-11(2,3)12-13(4,5)10-8-6-7-9-10/h10,12H,6-9H2,1-5H3. The second kappa shape index (κ2) is 3.74. The molecule has 2 heteroatoms. The van der Waals surface area contributed by atoms with E-state index in [-0.39, 0.29) is 0 Å². The zero-order valence-corrected chi connectivity index (χ0v) is 10.9. The number of rotatable bonds is 2. The Morgan fingerprint density at radius 1 is 1.08 bits per heavy atom. The Labute approximate surface area is 84.4 Å². The predicted octanol–water partition coefficient (Wildman–Crippen LogP) is 3.52. The predicted molar refractivity (Wildman–Crippen MR) is 62.6 cm³/mol. The van der Waals surface area contributed by atoms with Crippen LogP contribution in [-0.2, 0) is 0 Å². The average molecular weight is 199 g/mol. The van der Waals surface area contributed by atoms with Crippen LogP contribution in [0.15, 0.2) is 0 Å². The highest BCUT2D eigenvalue weighted by Crippen LogP contribution is 2.37. The first-order chi connectivity index (χ1) is 5.81. The first-order valence-electron chi connectivity index (χ1n) is 5.61. The minimum Gasteiger partial charge on any atom is -0.332 e. The molecule has 0 heterocycles. The van der Waals surface area contributed by atoms with Gasteiger partial charge in [-0.15, -0.1) is 0 Å². The molecule has 0 spiro atoms. The molecule has 1 N–H and O–H groups in total. The van der Waals surface area contributed by atoms with Gasteiger partial charge in [-0.2, -0.15) is 0 Å². The first kappa shape index (κ1) is 11.3. The van der Waals surface area contributed by atoms with Crippen molar-refractivity contribution in [3.05, 3.63) is 0 Å². The molecule has 0 aromatic carbocycles. The SMILES string of the molecule is CC(C)(C)N[Si](C)(C)C1CCCC1. The van der Waals surface area contributed by atoms with Crippen LogP contribution >= 0.6 is 0 Å². The molecule has 0 aromatic heterocycles. The zero-order valence-electron chi connectivity index (χ0n) is 9.91. The third kappa shape index (κ3) is 3.43. The lowest BCUT2D eigenvalue weighted by Crippen LogP contribution is -2.56. The Balaban J connectivity index is 2.53. The highest BCUT2D eigenvalue weighted by atomic mass is 28.3. The summed E-state index contributed by atoms with van der Waals surface area (Å²) in [5, 5.41) is 0. The van der Waals surface area contributed by atoms with Crippen molar-refractivity contribution in [2.24, 2.45) is 0 Å². The van der Waals surface area contributed by atoms with Crippen LogP contribution in [0.3, 0.4) is 0 Å². The van der Waals surface area contributed by atoms with Crippen molar-refractivity contribution in [2.45, 2.75) is 70.6 Å². The van der Waals surface area contributed by atoms with Gasteiger partial charge in [0.25, 0.3) is 0 Å². The molecule has 1 aliphatic carbocycles. The van der Waals surface area contributed by atoms with Crippen LogP contribution in [0.1, 0.15) is 46.5 Å². The van der Waals surface area contributed by atoms with Gasteiger partial charge >= 0.3 is 0 Å². The maximum atomic E-state index is 3.88. The third-order valence-electron chi connectivity index (χ3n) is 3.07. The van der Waals surface area contributed by atoms with Crippen LogP contribution in [0, 0.1) is 0 Å². The van der Waals surface area contributed by atoms with Gasteiger partial charge in [-0.3, -0.25) is 0 Å². The minimum atomic E-state index is -1.16. The Morgan fingerprint density at radius 3 is 1.92 bits per heavy atom. The largest absolute Gasteiger partial charge is 0.332 e. The quantitative estimate of drug-likeness (QED) is 0.671. The van der Waals surface area contributed by atoms with Crippen molar-refractivity contribution in [2.75, 3.05) is 0 Å². The molecule has 0 aliphatic heterocycles. The molecule has 0 bridgehead atoms. The topological polar surface area (TPSA) is 12.0 Å². The lowest BCUT2D eigenvalue weighted by molar-refractivity contribution is 0.504. The lowest BCUT2D eigenvalue weighted by Gasteiger charge is -2.37. The molecule has 1 rings (SSSR count). The number of hydrogen-bond donors (Lipinski definition) is 1. The van der Waals surface area contributed by atoms with Crippen molar-refractivity contribution in [1.82, 2.24) is 4.98 Å². The van der Waals surface area contributed by atoms with Crippen molar-refractivity contribution >= 4 is 8.24 Å². The summed E-state index contributed by atoms with van der Waals surface area (Å²) in [5.74, 6) is 0. The molecule has 1 saturated carbocycles. The van der Waals surface area contributed by atoms with Gasteiger partial charge in [-0.25, -0.2) is 0 Å². The van der Waals surface area contributed by atoms with E-state index in [9.17, 15) is 0 Å². The van der Waals surface area contributed by atoms with Gasteiger partial charge in [0.2, 0.25) is 0 Å². The van der Waals surface area contributed by atoms with Gasteiger partial charge in [0, 0.05) is 5.54 Å². The van der Waals surface area contributed by atoms with Crippen molar-refractivity contribution in [3.63, 3.8) is 0 Å². The highest BCUT2D eigenvalue weighted by Gasteiger charge is 2.36. The van der Waals surface area contributed by atoms with E-state index in [1.165, 1.54) is 25.7 Å². The molecule has 0 atom stereocenters. The summed E-state index contributed by atoms with van der Waals surface area (Å²) in [6, 6.07) is 0. The summed E-state index contributed by atoms with van der Waals surface area (Å²) in [6.07, 6.45) is 5.88. The summed E-state index contributed by atoms with van der Waals surface area (Å²) in [6.45, 7) is 11.9. The molecule has 0 saturated heterocycles. The fourth-order valence-corrected chi connectivity index (χ4v) is 6.70. The van der Waals surface area contributed by atoms with Gasteiger partial charge in [0.15, 0.2) is 0 Å². The molecule has 1 aliphatic rings. The van der Waals surface area contributed by atoms with E-state index >= 15 is 0 Å². The third-order valence-corrected chi connectivity index (χ3v) is 7.09. The fraction of sp³-hybridized carbons (Fsp3) is 1.00. The maximum absolute atomic E-state index is 3.88. The molecule has 1 nitrogen and oxygen atoms in total.